The highest BCUT2D eigenvalue weighted by Crippen LogP contribution is 2.27. The fraction of sp³-hybridized carbons (Fsp3) is 0.267. The van der Waals surface area contributed by atoms with Crippen LogP contribution in [0.2, 0.25) is 0 Å². The van der Waals surface area contributed by atoms with Crippen molar-refractivity contribution in [1.29, 1.82) is 0 Å². The van der Waals surface area contributed by atoms with Crippen LogP contribution in [-0.2, 0) is 4.79 Å². The second-order valence-corrected chi connectivity index (χ2v) is 5.79. The summed E-state index contributed by atoms with van der Waals surface area (Å²) in [5, 5.41) is 21.1. The van der Waals surface area contributed by atoms with Crippen LogP contribution < -0.4 is 15.6 Å². The highest BCUT2D eigenvalue weighted by Gasteiger charge is 2.19. The lowest BCUT2D eigenvalue weighted by Crippen LogP contribution is -2.33. The molecule has 0 aliphatic carbocycles. The highest BCUT2D eigenvalue weighted by molar-refractivity contribution is 7.98. The van der Waals surface area contributed by atoms with E-state index in [2.05, 4.69) is 4.98 Å². The smallest absolute Gasteiger partial charge is 0.322 e. The summed E-state index contributed by atoms with van der Waals surface area (Å²) >= 11 is 1.63. The monoisotopic (exact) mass is 352 g/mol. The van der Waals surface area contributed by atoms with Gasteiger partial charge in [-0.25, -0.2) is 0 Å². The number of aromatic amines is 1. The Bertz CT molecular complexity index is 833. The molecule has 0 atom stereocenters. The molecular weight excluding hydrogens is 336 g/mol. The number of nitrogens with one attached hydrogen (secondary N) is 2. The third kappa shape index (κ3) is 3.99. The van der Waals surface area contributed by atoms with Gasteiger partial charge in [-0.3, -0.25) is 14.4 Å². The first-order valence-corrected chi connectivity index (χ1v) is 8.34. The summed E-state index contributed by atoms with van der Waals surface area (Å²) in [7, 11) is 0. The first kappa shape index (κ1) is 17.7. The van der Waals surface area contributed by atoms with E-state index < -0.39 is 35.3 Å². The number of thioether (sulfide) groups is 1. The number of carbonyl (C=O) groups is 2. The zero-order chi connectivity index (χ0) is 17.7. The molecule has 0 fully saturated rings. The van der Waals surface area contributed by atoms with Crippen molar-refractivity contribution in [2.75, 3.05) is 25.2 Å². The molecule has 0 unspecified atom stereocenters. The number of rotatable bonds is 7. The lowest BCUT2D eigenvalue weighted by atomic mass is 10.1. The largest absolute Gasteiger partial charge is 0.506 e. The number of fused-ring (bicyclic) bond motifs is 1. The Morgan fingerprint density at radius 1 is 1.38 bits per heavy atom. The van der Waals surface area contributed by atoms with E-state index in [0.717, 1.165) is 5.75 Å². The van der Waals surface area contributed by atoms with Crippen LogP contribution in [0.3, 0.4) is 0 Å². The van der Waals surface area contributed by atoms with Crippen LogP contribution in [0.15, 0.2) is 23.0 Å². The maximum atomic E-state index is 12.0. The van der Waals surface area contributed by atoms with E-state index >= 15 is 0 Å². The fourth-order valence-electron chi connectivity index (χ4n) is 2.05. The Morgan fingerprint density at radius 2 is 2.12 bits per heavy atom. The Kier molecular flexibility index (Phi) is 5.69. The molecule has 1 aromatic heterocycles. The molecular formula is C15H16N2O6S. The lowest BCUT2D eigenvalue weighted by molar-refractivity contribution is -0.135. The van der Waals surface area contributed by atoms with Crippen molar-refractivity contribution in [1.82, 2.24) is 10.3 Å². The number of carboxylic acid groups (broad SMARTS) is 1. The molecule has 1 aromatic carbocycles. The minimum absolute atomic E-state index is 0.257. The quantitative estimate of drug-likeness (QED) is 0.542. The molecule has 1 heterocycles. The Hall–Kier alpha value is -2.68. The number of aromatic hydroxyl groups is 1. The number of pyridine rings is 1. The van der Waals surface area contributed by atoms with Crippen molar-refractivity contribution in [3.05, 3.63) is 34.1 Å². The van der Waals surface area contributed by atoms with Crippen LogP contribution in [0.5, 0.6) is 11.5 Å². The van der Waals surface area contributed by atoms with Crippen molar-refractivity contribution >= 4 is 34.5 Å². The van der Waals surface area contributed by atoms with E-state index in [4.69, 9.17) is 9.84 Å². The lowest BCUT2D eigenvalue weighted by Gasteiger charge is -2.09. The molecule has 8 nitrogen and oxygen atoms in total. The number of benzene rings is 1. The molecule has 1 amide bonds. The van der Waals surface area contributed by atoms with E-state index in [1.807, 2.05) is 11.6 Å². The van der Waals surface area contributed by atoms with Crippen molar-refractivity contribution in [3.8, 4) is 11.5 Å². The molecule has 9 heteroatoms. The topological polar surface area (TPSA) is 129 Å². The number of hydrogen-bond acceptors (Lipinski definition) is 6. The third-order valence-electron chi connectivity index (χ3n) is 3.14. The zero-order valence-corrected chi connectivity index (χ0v) is 13.6. The van der Waals surface area contributed by atoms with Crippen molar-refractivity contribution < 1.29 is 24.5 Å². The second-order valence-electron chi connectivity index (χ2n) is 4.80. The zero-order valence-electron chi connectivity index (χ0n) is 12.8. The van der Waals surface area contributed by atoms with Gasteiger partial charge in [0.2, 0.25) is 0 Å². The van der Waals surface area contributed by atoms with Crippen LogP contribution in [-0.4, -0.2) is 52.2 Å². The van der Waals surface area contributed by atoms with Crippen LogP contribution in [0.1, 0.15) is 10.4 Å². The van der Waals surface area contributed by atoms with Gasteiger partial charge in [0.15, 0.2) is 0 Å². The molecule has 128 valence electrons. The van der Waals surface area contributed by atoms with E-state index in [1.165, 1.54) is 6.07 Å². The first-order chi connectivity index (χ1) is 11.4. The number of amides is 1. The second kappa shape index (κ2) is 7.73. The minimum atomic E-state index is -1.26. The summed E-state index contributed by atoms with van der Waals surface area (Å²) in [5.41, 5.74) is -1.03. The predicted molar refractivity (Wildman–Crippen MR) is 90.1 cm³/mol. The standard InChI is InChI=1S/C15H16N2O6S/c1-24-5-4-23-8-2-3-9-10(6-8)17-15(22)12(13(9)20)14(21)16-7-11(18)19/h2-3,6H,4-5,7H2,1H3,(H,16,21)(H,18,19)(H2,17,20,22). The number of aliphatic carboxylic acids is 1. The van der Waals surface area contributed by atoms with E-state index in [0.29, 0.717) is 17.9 Å². The molecule has 0 aliphatic rings. The number of carbonyl (C=O) groups excluding carboxylic acids is 1. The minimum Gasteiger partial charge on any atom is -0.506 e. The van der Waals surface area contributed by atoms with E-state index in [-0.39, 0.29) is 5.39 Å². The summed E-state index contributed by atoms with van der Waals surface area (Å²) in [6.07, 6.45) is 1.95. The van der Waals surface area contributed by atoms with Gasteiger partial charge in [-0.2, -0.15) is 11.8 Å². The molecule has 0 saturated heterocycles. The number of H-pyrrole nitrogens is 1. The molecule has 0 aliphatic heterocycles. The van der Waals surface area contributed by atoms with Gasteiger partial charge in [-0.15, -0.1) is 0 Å². The van der Waals surface area contributed by atoms with Crippen LogP contribution in [0, 0.1) is 0 Å². The maximum absolute atomic E-state index is 12.0. The maximum Gasteiger partial charge on any atom is 0.322 e. The normalized spacial score (nSPS) is 10.5. The summed E-state index contributed by atoms with van der Waals surface area (Å²) in [6, 6.07) is 4.68. The summed E-state index contributed by atoms with van der Waals surface area (Å²) in [4.78, 5) is 36.9. The highest BCUT2D eigenvalue weighted by atomic mass is 32.2. The Labute approximate surface area is 140 Å². The summed E-state index contributed by atoms with van der Waals surface area (Å²) in [5.74, 6) is -1.39. The number of ether oxygens (including phenoxy) is 1. The Balaban J connectivity index is 2.36. The van der Waals surface area contributed by atoms with Crippen LogP contribution in [0.25, 0.3) is 10.9 Å². The van der Waals surface area contributed by atoms with Gasteiger partial charge in [0.05, 0.1) is 12.1 Å². The van der Waals surface area contributed by atoms with Crippen molar-refractivity contribution in [3.63, 3.8) is 0 Å². The van der Waals surface area contributed by atoms with Crippen molar-refractivity contribution in [2.24, 2.45) is 0 Å². The van der Waals surface area contributed by atoms with E-state index in [1.54, 1.807) is 23.9 Å². The SMILES string of the molecule is CSCCOc1ccc2c(O)c(C(=O)NCC(=O)O)c(=O)[nH]c2c1. The molecule has 4 N–H and O–H groups in total. The molecule has 2 aromatic rings. The van der Waals surface area contributed by atoms with E-state index in [9.17, 15) is 19.5 Å². The van der Waals surface area contributed by atoms with Crippen molar-refractivity contribution in [2.45, 2.75) is 0 Å². The first-order valence-electron chi connectivity index (χ1n) is 6.94. The molecule has 24 heavy (non-hydrogen) atoms. The van der Waals surface area contributed by atoms with Gasteiger partial charge in [0.1, 0.15) is 23.6 Å². The number of carboxylic acids is 1. The fourth-order valence-corrected chi connectivity index (χ4v) is 2.30. The van der Waals surface area contributed by atoms with Gasteiger partial charge in [0, 0.05) is 17.2 Å². The molecule has 2 rings (SSSR count). The van der Waals surface area contributed by atoms with Crippen LogP contribution in [0.4, 0.5) is 0 Å². The van der Waals surface area contributed by atoms with Gasteiger partial charge in [0.25, 0.3) is 11.5 Å². The van der Waals surface area contributed by atoms with Gasteiger partial charge in [-0.1, -0.05) is 0 Å². The van der Waals surface area contributed by atoms with Crippen LogP contribution >= 0.6 is 11.8 Å². The summed E-state index contributed by atoms with van der Waals surface area (Å²) < 4.78 is 5.51. The molecule has 0 radical (unpaired) electrons. The van der Waals surface area contributed by atoms with Gasteiger partial charge < -0.3 is 25.3 Å². The number of aromatic nitrogens is 1. The molecule has 0 spiro atoms. The predicted octanol–water partition coefficient (Wildman–Crippen LogP) is 0.790. The Morgan fingerprint density at radius 3 is 2.79 bits per heavy atom. The average Bonchev–Trinajstić information content (AvgIpc) is 2.53. The average molecular weight is 352 g/mol. The molecule has 0 saturated carbocycles. The van der Waals surface area contributed by atoms with Gasteiger partial charge >= 0.3 is 5.97 Å². The molecule has 0 bridgehead atoms. The third-order valence-corrected chi connectivity index (χ3v) is 3.72. The number of hydrogen-bond donors (Lipinski definition) is 4. The summed E-state index contributed by atoms with van der Waals surface area (Å²) in [6.45, 7) is -0.156. The van der Waals surface area contributed by atoms with Gasteiger partial charge in [-0.05, 0) is 18.4 Å².